The molecule has 0 saturated heterocycles. The van der Waals surface area contributed by atoms with Crippen LogP contribution in [0.1, 0.15) is 35.3 Å². The van der Waals surface area contributed by atoms with Crippen LogP contribution in [0, 0.1) is 5.92 Å². The number of hydrogen-bond acceptors (Lipinski definition) is 2. The van der Waals surface area contributed by atoms with Crippen LogP contribution in [0.2, 0.25) is 0 Å². The van der Waals surface area contributed by atoms with Gasteiger partial charge in [-0.25, -0.2) is 0 Å². The summed E-state index contributed by atoms with van der Waals surface area (Å²) in [7, 11) is 0. The Kier molecular flexibility index (Phi) is 4.61. The second-order valence-electron chi connectivity index (χ2n) is 4.95. The molecule has 0 spiro atoms. The van der Waals surface area contributed by atoms with Gasteiger partial charge >= 0.3 is 0 Å². The first-order chi connectivity index (χ1) is 8.61. The number of fused-ring (bicyclic) bond motifs is 1. The number of amides is 1. The number of halogens is 1. The van der Waals surface area contributed by atoms with E-state index in [4.69, 9.17) is 4.74 Å². The highest BCUT2D eigenvalue weighted by Gasteiger charge is 2.18. The molecule has 0 fully saturated rings. The predicted octanol–water partition coefficient (Wildman–Crippen LogP) is 2.91. The second kappa shape index (κ2) is 6.02. The van der Waals surface area contributed by atoms with Crippen LogP contribution in [0.15, 0.2) is 18.2 Å². The summed E-state index contributed by atoms with van der Waals surface area (Å²) in [5.74, 6) is 0.462. The Balaban J connectivity index is 2.09. The van der Waals surface area contributed by atoms with Gasteiger partial charge in [0, 0.05) is 16.0 Å². The van der Waals surface area contributed by atoms with Crippen LogP contribution in [0.5, 0.6) is 0 Å². The highest BCUT2D eigenvalue weighted by Crippen LogP contribution is 2.21. The fourth-order valence-electron chi connectivity index (χ4n) is 1.95. The van der Waals surface area contributed by atoms with Crippen LogP contribution >= 0.6 is 22.6 Å². The maximum Gasteiger partial charge on any atom is 0.251 e. The summed E-state index contributed by atoms with van der Waals surface area (Å²) in [5, 5.41) is 3.09. The SMILES string of the molecule is CC(C)C(CI)NC(=O)c1ccc2c(c1)COC2. The van der Waals surface area contributed by atoms with Gasteiger partial charge in [0.05, 0.1) is 13.2 Å². The largest absolute Gasteiger partial charge is 0.372 e. The lowest BCUT2D eigenvalue weighted by atomic mass is 10.0. The van der Waals surface area contributed by atoms with Crippen LogP contribution < -0.4 is 5.32 Å². The molecule has 1 aromatic carbocycles. The Morgan fingerprint density at radius 2 is 2.11 bits per heavy atom. The van der Waals surface area contributed by atoms with Gasteiger partial charge in [0.25, 0.3) is 5.91 Å². The molecule has 18 heavy (non-hydrogen) atoms. The molecule has 1 heterocycles. The summed E-state index contributed by atoms with van der Waals surface area (Å²) < 4.78 is 6.28. The van der Waals surface area contributed by atoms with Crippen molar-refractivity contribution in [2.75, 3.05) is 4.43 Å². The molecule has 3 nitrogen and oxygen atoms in total. The number of ether oxygens (including phenoxy) is 1. The van der Waals surface area contributed by atoms with E-state index >= 15 is 0 Å². The van der Waals surface area contributed by atoms with E-state index in [1.807, 2.05) is 18.2 Å². The number of carbonyl (C=O) groups excluding carboxylic acids is 1. The maximum atomic E-state index is 12.2. The van der Waals surface area contributed by atoms with Gasteiger partial charge in [-0.05, 0) is 29.2 Å². The smallest absolute Gasteiger partial charge is 0.251 e. The molecule has 1 N–H and O–H groups in total. The van der Waals surface area contributed by atoms with Crippen LogP contribution in [-0.4, -0.2) is 16.4 Å². The predicted molar refractivity (Wildman–Crippen MR) is 79.9 cm³/mol. The number of rotatable bonds is 4. The van der Waals surface area contributed by atoms with E-state index in [9.17, 15) is 4.79 Å². The fourth-order valence-corrected chi connectivity index (χ4v) is 3.19. The Morgan fingerprint density at radius 3 is 2.78 bits per heavy atom. The highest BCUT2D eigenvalue weighted by molar-refractivity contribution is 14.1. The summed E-state index contributed by atoms with van der Waals surface area (Å²) in [6.07, 6.45) is 0. The van der Waals surface area contributed by atoms with Crippen LogP contribution in [0.3, 0.4) is 0 Å². The Morgan fingerprint density at radius 1 is 1.39 bits per heavy atom. The van der Waals surface area contributed by atoms with Gasteiger partial charge in [-0.15, -0.1) is 0 Å². The molecule has 1 aromatic rings. The average molecular weight is 359 g/mol. The zero-order valence-electron chi connectivity index (χ0n) is 10.7. The topological polar surface area (TPSA) is 38.3 Å². The molecular weight excluding hydrogens is 341 g/mol. The monoisotopic (exact) mass is 359 g/mol. The molecule has 2 rings (SSSR count). The van der Waals surface area contributed by atoms with Crippen LogP contribution in [-0.2, 0) is 18.0 Å². The Labute approximate surface area is 121 Å². The average Bonchev–Trinajstić information content (AvgIpc) is 2.82. The van der Waals surface area contributed by atoms with Gasteiger partial charge in [0.2, 0.25) is 0 Å². The number of alkyl halides is 1. The lowest BCUT2D eigenvalue weighted by Gasteiger charge is -2.20. The summed E-state index contributed by atoms with van der Waals surface area (Å²) >= 11 is 2.31. The molecule has 98 valence electrons. The van der Waals surface area contributed by atoms with Crippen molar-refractivity contribution in [3.63, 3.8) is 0 Å². The van der Waals surface area contributed by atoms with Crippen molar-refractivity contribution in [1.82, 2.24) is 5.32 Å². The van der Waals surface area contributed by atoms with E-state index in [2.05, 4.69) is 41.8 Å². The first kappa shape index (κ1) is 13.8. The van der Waals surface area contributed by atoms with Gasteiger partial charge in [-0.3, -0.25) is 4.79 Å². The van der Waals surface area contributed by atoms with E-state index in [0.29, 0.717) is 19.1 Å². The zero-order chi connectivity index (χ0) is 13.1. The third kappa shape index (κ3) is 3.03. The molecular formula is C14H18INO2. The molecule has 1 amide bonds. The molecule has 0 saturated carbocycles. The van der Waals surface area contributed by atoms with Crippen LogP contribution in [0.25, 0.3) is 0 Å². The van der Waals surface area contributed by atoms with E-state index in [1.165, 1.54) is 5.56 Å². The lowest BCUT2D eigenvalue weighted by molar-refractivity contribution is 0.0932. The fraction of sp³-hybridized carbons (Fsp3) is 0.500. The standard InChI is InChI=1S/C14H18INO2/c1-9(2)13(6-15)16-14(17)10-3-4-11-7-18-8-12(11)5-10/h3-5,9,13H,6-8H2,1-2H3,(H,16,17). The normalized spacial score (nSPS) is 15.6. The lowest BCUT2D eigenvalue weighted by Crippen LogP contribution is -2.39. The molecule has 0 bridgehead atoms. The third-order valence-electron chi connectivity index (χ3n) is 3.27. The summed E-state index contributed by atoms with van der Waals surface area (Å²) in [5.41, 5.74) is 3.06. The maximum absolute atomic E-state index is 12.2. The van der Waals surface area contributed by atoms with Gasteiger partial charge in [0.1, 0.15) is 0 Å². The molecule has 4 heteroatoms. The minimum absolute atomic E-state index is 0.0140. The van der Waals surface area contributed by atoms with Crippen molar-refractivity contribution in [2.24, 2.45) is 5.92 Å². The van der Waals surface area contributed by atoms with Gasteiger partial charge in [0.15, 0.2) is 0 Å². The Bertz CT molecular complexity index is 445. The van der Waals surface area contributed by atoms with Crippen molar-refractivity contribution in [3.8, 4) is 0 Å². The molecule has 0 aromatic heterocycles. The first-order valence-electron chi connectivity index (χ1n) is 6.18. The molecule has 0 radical (unpaired) electrons. The van der Waals surface area contributed by atoms with E-state index in [0.717, 1.165) is 15.6 Å². The summed E-state index contributed by atoms with van der Waals surface area (Å²) in [6.45, 7) is 5.54. The highest BCUT2D eigenvalue weighted by atomic mass is 127. The van der Waals surface area contributed by atoms with Crippen molar-refractivity contribution in [2.45, 2.75) is 33.1 Å². The number of nitrogens with one attached hydrogen (secondary N) is 1. The minimum atomic E-state index is 0.0140. The summed E-state index contributed by atoms with van der Waals surface area (Å²) in [6, 6.07) is 6.05. The number of hydrogen-bond donors (Lipinski definition) is 1. The van der Waals surface area contributed by atoms with Crippen molar-refractivity contribution < 1.29 is 9.53 Å². The molecule has 0 aliphatic carbocycles. The van der Waals surface area contributed by atoms with E-state index < -0.39 is 0 Å². The van der Waals surface area contributed by atoms with E-state index in [-0.39, 0.29) is 11.9 Å². The molecule has 1 unspecified atom stereocenters. The van der Waals surface area contributed by atoms with E-state index in [1.54, 1.807) is 0 Å². The molecule has 1 aliphatic rings. The zero-order valence-corrected chi connectivity index (χ0v) is 12.9. The number of carbonyl (C=O) groups is 1. The third-order valence-corrected chi connectivity index (χ3v) is 4.22. The quantitative estimate of drug-likeness (QED) is 0.663. The van der Waals surface area contributed by atoms with Gasteiger partial charge < -0.3 is 10.1 Å². The second-order valence-corrected chi connectivity index (χ2v) is 5.84. The Hall–Kier alpha value is -0.620. The van der Waals surface area contributed by atoms with Crippen LogP contribution in [0.4, 0.5) is 0 Å². The first-order valence-corrected chi connectivity index (χ1v) is 7.70. The minimum Gasteiger partial charge on any atom is -0.372 e. The van der Waals surface area contributed by atoms with Gasteiger partial charge in [-0.2, -0.15) is 0 Å². The number of benzene rings is 1. The van der Waals surface area contributed by atoms with Gasteiger partial charge in [-0.1, -0.05) is 42.5 Å². The summed E-state index contributed by atoms with van der Waals surface area (Å²) in [4.78, 5) is 12.2. The van der Waals surface area contributed by atoms with Crippen molar-refractivity contribution in [3.05, 3.63) is 34.9 Å². The van der Waals surface area contributed by atoms with Crippen molar-refractivity contribution >= 4 is 28.5 Å². The molecule has 1 atom stereocenters. The molecule has 1 aliphatic heterocycles. The van der Waals surface area contributed by atoms with Crippen molar-refractivity contribution in [1.29, 1.82) is 0 Å².